The number of aryl methyl sites for hydroxylation is 2. The summed E-state index contributed by atoms with van der Waals surface area (Å²) < 4.78 is 0. The Morgan fingerprint density at radius 2 is 2.08 bits per heavy atom. The van der Waals surface area contributed by atoms with Crippen molar-refractivity contribution in [2.24, 2.45) is 11.7 Å². The molecule has 2 aliphatic rings. The third-order valence-corrected chi connectivity index (χ3v) is 5.90. The number of rotatable bonds is 3. The molecule has 0 radical (unpaired) electrons. The zero-order chi connectivity index (χ0) is 17.0. The highest BCUT2D eigenvalue weighted by molar-refractivity contribution is 7.15. The van der Waals surface area contributed by atoms with Crippen LogP contribution in [-0.4, -0.2) is 33.8 Å². The zero-order valence-electron chi connectivity index (χ0n) is 13.7. The van der Waals surface area contributed by atoms with Gasteiger partial charge in [-0.15, -0.1) is 11.3 Å². The smallest absolute Gasteiger partial charge is 0.274 e. The number of hydrogen-bond donors (Lipinski definition) is 1. The average molecular weight is 341 g/mol. The van der Waals surface area contributed by atoms with E-state index in [1.807, 2.05) is 32.0 Å². The molecule has 0 unspecified atom stereocenters. The maximum Gasteiger partial charge on any atom is 0.274 e. The molecule has 1 aromatic carbocycles. The summed E-state index contributed by atoms with van der Waals surface area (Å²) in [5, 5.41) is 0.844. The lowest BCUT2D eigenvalue weighted by Gasteiger charge is -2.24. The second kappa shape index (κ2) is 5.41. The first-order chi connectivity index (χ1) is 11.5. The third-order valence-electron chi connectivity index (χ3n) is 4.88. The Balaban J connectivity index is 1.74. The average Bonchev–Trinajstić information content (AvgIpc) is 3.02. The predicted molar refractivity (Wildman–Crippen MR) is 92.7 cm³/mol. The summed E-state index contributed by atoms with van der Waals surface area (Å²) in [6.07, 6.45) is 1.66. The molecule has 2 fully saturated rings. The molecule has 3 atom stereocenters. The molecule has 0 bridgehead atoms. The first-order valence-corrected chi connectivity index (χ1v) is 8.94. The molecule has 24 heavy (non-hydrogen) atoms. The lowest BCUT2D eigenvalue weighted by atomic mass is 10.1. The Bertz CT molecular complexity index is 845. The Morgan fingerprint density at radius 1 is 1.29 bits per heavy atom. The highest BCUT2D eigenvalue weighted by Crippen LogP contribution is 2.48. The number of likely N-dealkylation sites (tertiary alicyclic amines) is 1. The third kappa shape index (κ3) is 2.41. The minimum absolute atomic E-state index is 0.155. The van der Waals surface area contributed by atoms with Crippen molar-refractivity contribution < 1.29 is 9.59 Å². The highest BCUT2D eigenvalue weighted by Gasteiger charge is 2.56. The molecule has 5 nitrogen and oxygen atoms in total. The Kier molecular flexibility index (Phi) is 3.46. The van der Waals surface area contributed by atoms with E-state index in [0.29, 0.717) is 18.0 Å². The van der Waals surface area contributed by atoms with Crippen LogP contribution in [0.25, 0.3) is 10.4 Å². The fourth-order valence-electron chi connectivity index (χ4n) is 3.68. The molecular formula is C18H19N3O2S. The number of hydrogen-bond acceptors (Lipinski definition) is 4. The van der Waals surface area contributed by atoms with Crippen LogP contribution >= 0.6 is 11.3 Å². The van der Waals surface area contributed by atoms with Gasteiger partial charge >= 0.3 is 0 Å². The molecule has 1 aliphatic heterocycles. The fraction of sp³-hybridized carbons (Fsp3) is 0.389. The largest absolute Gasteiger partial charge is 0.368 e. The number of piperidine rings is 1. The number of carbonyl (C=O) groups excluding carboxylic acids is 2. The molecule has 124 valence electrons. The van der Waals surface area contributed by atoms with Crippen molar-refractivity contribution in [3.8, 4) is 10.4 Å². The number of aromatic nitrogens is 1. The number of primary amides is 1. The van der Waals surface area contributed by atoms with Gasteiger partial charge in [-0.3, -0.25) is 9.59 Å². The van der Waals surface area contributed by atoms with Crippen molar-refractivity contribution in [1.82, 2.24) is 9.88 Å². The van der Waals surface area contributed by atoms with Crippen LogP contribution in [0.3, 0.4) is 0 Å². The monoisotopic (exact) mass is 341 g/mol. The van der Waals surface area contributed by atoms with Gasteiger partial charge in [0, 0.05) is 6.04 Å². The molecule has 2 aromatic rings. The van der Waals surface area contributed by atoms with Gasteiger partial charge in [0.1, 0.15) is 11.7 Å². The SMILES string of the molecule is Cc1cccc(-c2sc(C)nc2C(=O)N2[C@H](C(N)=O)C[C@H]3C[C@@H]32)c1. The molecule has 1 aliphatic carbocycles. The fourth-order valence-corrected chi connectivity index (χ4v) is 4.59. The van der Waals surface area contributed by atoms with Gasteiger partial charge in [0.05, 0.1) is 9.88 Å². The van der Waals surface area contributed by atoms with E-state index < -0.39 is 11.9 Å². The van der Waals surface area contributed by atoms with Crippen LogP contribution in [-0.2, 0) is 4.79 Å². The van der Waals surface area contributed by atoms with E-state index >= 15 is 0 Å². The van der Waals surface area contributed by atoms with Gasteiger partial charge in [-0.05, 0) is 38.2 Å². The minimum atomic E-state index is -0.492. The quantitative estimate of drug-likeness (QED) is 0.932. The molecule has 1 saturated heterocycles. The first-order valence-electron chi connectivity index (χ1n) is 8.12. The second-order valence-corrected chi connectivity index (χ2v) is 7.91. The summed E-state index contributed by atoms with van der Waals surface area (Å²) in [6, 6.07) is 7.71. The lowest BCUT2D eigenvalue weighted by Crippen LogP contribution is -2.46. The van der Waals surface area contributed by atoms with E-state index in [1.54, 1.807) is 4.90 Å². The molecule has 1 aromatic heterocycles. The van der Waals surface area contributed by atoms with Crippen LogP contribution in [0, 0.1) is 19.8 Å². The summed E-state index contributed by atoms with van der Waals surface area (Å²) in [5.74, 6) is -0.155. The van der Waals surface area contributed by atoms with Crippen LogP contribution in [0.4, 0.5) is 0 Å². The Labute approximate surface area is 144 Å². The van der Waals surface area contributed by atoms with E-state index in [9.17, 15) is 9.59 Å². The van der Waals surface area contributed by atoms with E-state index in [-0.39, 0.29) is 11.9 Å². The maximum atomic E-state index is 13.2. The van der Waals surface area contributed by atoms with Crippen LogP contribution in [0.5, 0.6) is 0 Å². The standard InChI is InChI=1S/C18H19N3O2S/c1-9-4-3-5-11(6-9)16-15(20-10(2)24-16)18(23)21-13-7-12(13)8-14(21)17(19)22/h3-6,12-14H,7-8H2,1-2H3,(H2,19,22)/t12-,13+,14+/m1/s1. The number of nitrogens with zero attached hydrogens (tertiary/aromatic N) is 2. The number of nitrogens with two attached hydrogens (primary N) is 1. The summed E-state index contributed by atoms with van der Waals surface area (Å²) in [4.78, 5) is 31.9. The first kappa shape index (κ1) is 15.3. The van der Waals surface area contributed by atoms with Crippen LogP contribution in [0.15, 0.2) is 24.3 Å². The zero-order valence-corrected chi connectivity index (χ0v) is 14.5. The van der Waals surface area contributed by atoms with Gasteiger partial charge in [-0.25, -0.2) is 4.98 Å². The topological polar surface area (TPSA) is 76.3 Å². The van der Waals surface area contributed by atoms with E-state index in [2.05, 4.69) is 11.1 Å². The molecule has 2 N–H and O–H groups in total. The summed E-state index contributed by atoms with van der Waals surface area (Å²) in [5.41, 5.74) is 8.08. The van der Waals surface area contributed by atoms with Crippen molar-refractivity contribution in [3.05, 3.63) is 40.5 Å². The van der Waals surface area contributed by atoms with Crippen LogP contribution in [0.2, 0.25) is 0 Å². The lowest BCUT2D eigenvalue weighted by molar-refractivity contribution is -0.122. The summed E-state index contributed by atoms with van der Waals surface area (Å²) in [6.45, 7) is 3.92. The summed E-state index contributed by atoms with van der Waals surface area (Å²) >= 11 is 1.51. The number of benzene rings is 1. The molecular weight excluding hydrogens is 322 g/mol. The summed E-state index contributed by atoms with van der Waals surface area (Å²) in [7, 11) is 0. The number of fused-ring (bicyclic) bond motifs is 1. The molecule has 1 saturated carbocycles. The normalized spacial score (nSPS) is 24.8. The van der Waals surface area contributed by atoms with Gasteiger partial charge in [0.15, 0.2) is 0 Å². The van der Waals surface area contributed by atoms with E-state index in [0.717, 1.165) is 27.4 Å². The predicted octanol–water partition coefficient (Wildman–Crippen LogP) is 2.52. The number of thiazole rings is 1. The molecule has 6 heteroatoms. The Morgan fingerprint density at radius 3 is 2.79 bits per heavy atom. The van der Waals surface area contributed by atoms with Crippen LogP contribution in [0.1, 0.15) is 33.9 Å². The molecule has 2 amide bonds. The van der Waals surface area contributed by atoms with Gasteiger partial charge in [0.25, 0.3) is 5.91 Å². The Hall–Kier alpha value is -2.21. The van der Waals surface area contributed by atoms with Crippen LogP contribution < -0.4 is 5.73 Å². The number of carbonyl (C=O) groups is 2. The van der Waals surface area contributed by atoms with Crippen molar-refractivity contribution in [1.29, 1.82) is 0 Å². The molecule has 2 heterocycles. The molecule has 0 spiro atoms. The maximum absolute atomic E-state index is 13.2. The van der Waals surface area contributed by atoms with E-state index in [4.69, 9.17) is 5.73 Å². The van der Waals surface area contributed by atoms with Gasteiger partial charge < -0.3 is 10.6 Å². The second-order valence-electron chi connectivity index (χ2n) is 6.71. The van der Waals surface area contributed by atoms with Crippen molar-refractivity contribution >= 4 is 23.2 Å². The van der Waals surface area contributed by atoms with E-state index in [1.165, 1.54) is 11.3 Å². The van der Waals surface area contributed by atoms with Gasteiger partial charge in [0.2, 0.25) is 5.91 Å². The van der Waals surface area contributed by atoms with Gasteiger partial charge in [-0.2, -0.15) is 0 Å². The highest BCUT2D eigenvalue weighted by atomic mass is 32.1. The molecule has 4 rings (SSSR count). The van der Waals surface area contributed by atoms with Crippen molar-refractivity contribution in [3.63, 3.8) is 0 Å². The van der Waals surface area contributed by atoms with Crippen molar-refractivity contribution in [2.45, 2.75) is 38.8 Å². The van der Waals surface area contributed by atoms with Crippen molar-refractivity contribution in [2.75, 3.05) is 0 Å². The van der Waals surface area contributed by atoms with Gasteiger partial charge in [-0.1, -0.05) is 29.8 Å². The minimum Gasteiger partial charge on any atom is -0.368 e. The number of amides is 2.